The van der Waals surface area contributed by atoms with Crippen LogP contribution < -0.4 is 10.0 Å². The van der Waals surface area contributed by atoms with Crippen LogP contribution in [0.4, 0.5) is 0 Å². The Bertz CT molecular complexity index is 657. The van der Waals surface area contributed by atoms with Crippen LogP contribution in [0, 0.1) is 12.8 Å². The zero-order valence-electron chi connectivity index (χ0n) is 17.0. The van der Waals surface area contributed by atoms with Crippen LogP contribution in [0.1, 0.15) is 52.0 Å². The SMILES string of the molecule is CCCCOCCCNC(=O)C(CC(C)C)NS(=O)(=O)c1ccc(C)cc1. The van der Waals surface area contributed by atoms with E-state index in [0.29, 0.717) is 26.0 Å². The second-order valence-electron chi connectivity index (χ2n) is 7.23. The summed E-state index contributed by atoms with van der Waals surface area (Å²) in [5, 5.41) is 2.82. The minimum atomic E-state index is -3.75. The summed E-state index contributed by atoms with van der Waals surface area (Å²) in [6.45, 7) is 9.71. The fraction of sp³-hybridized carbons (Fsp3) is 0.650. The summed E-state index contributed by atoms with van der Waals surface area (Å²) in [4.78, 5) is 12.7. The molecule has 1 aromatic rings. The van der Waals surface area contributed by atoms with Gasteiger partial charge in [-0.1, -0.05) is 44.9 Å². The molecule has 0 aliphatic rings. The Balaban J connectivity index is 2.61. The number of carbonyl (C=O) groups excluding carboxylic acids is 1. The first kappa shape index (κ1) is 23.6. The predicted octanol–water partition coefficient (Wildman–Crippen LogP) is 3.01. The molecule has 154 valence electrons. The molecule has 0 bridgehead atoms. The first-order valence-corrected chi connectivity index (χ1v) is 11.2. The van der Waals surface area contributed by atoms with Gasteiger partial charge in [0.25, 0.3) is 0 Å². The molecule has 0 heterocycles. The zero-order chi connectivity index (χ0) is 20.3. The molecule has 0 saturated heterocycles. The van der Waals surface area contributed by atoms with Crippen LogP contribution in [-0.2, 0) is 19.6 Å². The number of hydrogen-bond donors (Lipinski definition) is 2. The van der Waals surface area contributed by atoms with Crippen LogP contribution in [0.5, 0.6) is 0 Å². The summed E-state index contributed by atoms with van der Waals surface area (Å²) in [5.41, 5.74) is 0.978. The van der Waals surface area contributed by atoms with Crippen molar-refractivity contribution in [2.75, 3.05) is 19.8 Å². The monoisotopic (exact) mass is 398 g/mol. The fourth-order valence-corrected chi connectivity index (χ4v) is 3.72. The van der Waals surface area contributed by atoms with E-state index < -0.39 is 16.1 Å². The van der Waals surface area contributed by atoms with Gasteiger partial charge in [0.2, 0.25) is 15.9 Å². The van der Waals surface area contributed by atoms with Crippen LogP contribution in [0.3, 0.4) is 0 Å². The third-order valence-electron chi connectivity index (χ3n) is 4.06. The highest BCUT2D eigenvalue weighted by molar-refractivity contribution is 7.89. The Hall–Kier alpha value is -1.44. The van der Waals surface area contributed by atoms with Crippen molar-refractivity contribution in [2.24, 2.45) is 5.92 Å². The maximum absolute atomic E-state index is 12.6. The van der Waals surface area contributed by atoms with Gasteiger partial charge >= 0.3 is 0 Å². The van der Waals surface area contributed by atoms with Crippen LogP contribution in [0.25, 0.3) is 0 Å². The Morgan fingerprint density at radius 1 is 1.11 bits per heavy atom. The van der Waals surface area contributed by atoms with Gasteiger partial charge in [-0.05, 0) is 44.2 Å². The number of aryl methyl sites for hydroxylation is 1. The summed E-state index contributed by atoms with van der Waals surface area (Å²) in [7, 11) is -3.75. The second kappa shape index (κ2) is 12.1. The molecule has 0 aromatic heterocycles. The molecular weight excluding hydrogens is 364 g/mol. The number of sulfonamides is 1. The van der Waals surface area contributed by atoms with Gasteiger partial charge < -0.3 is 10.1 Å². The quantitative estimate of drug-likeness (QED) is 0.500. The Morgan fingerprint density at radius 2 is 1.74 bits per heavy atom. The number of amides is 1. The summed E-state index contributed by atoms with van der Waals surface area (Å²) in [6.07, 6.45) is 3.26. The summed E-state index contributed by atoms with van der Waals surface area (Å²) >= 11 is 0. The van der Waals surface area contributed by atoms with Crippen LogP contribution in [0.15, 0.2) is 29.2 Å². The van der Waals surface area contributed by atoms with Crippen molar-refractivity contribution in [3.05, 3.63) is 29.8 Å². The van der Waals surface area contributed by atoms with Gasteiger partial charge in [-0.15, -0.1) is 0 Å². The maximum Gasteiger partial charge on any atom is 0.241 e. The van der Waals surface area contributed by atoms with Crippen LogP contribution in [-0.4, -0.2) is 40.1 Å². The summed E-state index contributed by atoms with van der Waals surface area (Å²) < 4.78 is 33.2. The van der Waals surface area contributed by atoms with E-state index >= 15 is 0 Å². The Kier molecular flexibility index (Phi) is 10.6. The molecule has 1 rings (SSSR count). The van der Waals surface area contributed by atoms with Crippen molar-refractivity contribution >= 4 is 15.9 Å². The molecule has 0 aliphatic carbocycles. The number of ether oxygens (including phenoxy) is 1. The van der Waals surface area contributed by atoms with Crippen molar-refractivity contribution in [3.8, 4) is 0 Å². The van der Waals surface area contributed by atoms with Gasteiger partial charge in [0, 0.05) is 19.8 Å². The van der Waals surface area contributed by atoms with Crippen molar-refractivity contribution in [3.63, 3.8) is 0 Å². The van der Waals surface area contributed by atoms with Crippen LogP contribution >= 0.6 is 0 Å². The number of unbranched alkanes of at least 4 members (excludes halogenated alkanes) is 1. The third kappa shape index (κ3) is 9.35. The average molecular weight is 399 g/mol. The van der Waals surface area contributed by atoms with Gasteiger partial charge in [-0.3, -0.25) is 4.79 Å². The van der Waals surface area contributed by atoms with E-state index in [-0.39, 0.29) is 16.7 Å². The van der Waals surface area contributed by atoms with Crippen molar-refractivity contribution in [1.82, 2.24) is 10.0 Å². The Morgan fingerprint density at radius 3 is 2.33 bits per heavy atom. The molecule has 7 heteroatoms. The molecule has 2 N–H and O–H groups in total. The molecule has 1 amide bonds. The molecule has 1 aromatic carbocycles. The molecule has 0 radical (unpaired) electrons. The smallest absolute Gasteiger partial charge is 0.241 e. The highest BCUT2D eigenvalue weighted by Gasteiger charge is 2.26. The van der Waals surface area contributed by atoms with E-state index in [0.717, 1.165) is 25.0 Å². The molecule has 0 fully saturated rings. The van der Waals surface area contributed by atoms with Gasteiger partial charge in [-0.2, -0.15) is 4.72 Å². The van der Waals surface area contributed by atoms with Crippen LogP contribution in [0.2, 0.25) is 0 Å². The third-order valence-corrected chi connectivity index (χ3v) is 5.55. The van der Waals surface area contributed by atoms with E-state index in [4.69, 9.17) is 4.74 Å². The lowest BCUT2D eigenvalue weighted by atomic mass is 10.0. The number of hydrogen-bond acceptors (Lipinski definition) is 4. The fourth-order valence-electron chi connectivity index (χ4n) is 2.51. The van der Waals surface area contributed by atoms with E-state index in [1.54, 1.807) is 24.3 Å². The molecule has 1 atom stereocenters. The largest absolute Gasteiger partial charge is 0.381 e. The van der Waals surface area contributed by atoms with Crippen molar-refractivity contribution < 1.29 is 17.9 Å². The maximum atomic E-state index is 12.6. The first-order valence-electron chi connectivity index (χ1n) is 9.70. The minimum Gasteiger partial charge on any atom is -0.381 e. The zero-order valence-corrected chi connectivity index (χ0v) is 17.8. The molecule has 0 spiro atoms. The lowest BCUT2D eigenvalue weighted by Crippen LogP contribution is -2.47. The normalized spacial score (nSPS) is 12.9. The van der Waals surface area contributed by atoms with Gasteiger partial charge in [0.05, 0.1) is 4.90 Å². The molecule has 6 nitrogen and oxygen atoms in total. The predicted molar refractivity (Wildman–Crippen MR) is 108 cm³/mol. The lowest BCUT2D eigenvalue weighted by molar-refractivity contribution is -0.123. The van der Waals surface area contributed by atoms with Crippen molar-refractivity contribution in [1.29, 1.82) is 0 Å². The lowest BCUT2D eigenvalue weighted by Gasteiger charge is -2.20. The van der Waals surface area contributed by atoms with E-state index in [1.165, 1.54) is 0 Å². The average Bonchev–Trinajstić information content (AvgIpc) is 2.60. The summed E-state index contributed by atoms with van der Waals surface area (Å²) in [6, 6.07) is 5.79. The molecule has 0 saturated carbocycles. The van der Waals surface area contributed by atoms with E-state index in [1.807, 2.05) is 20.8 Å². The number of benzene rings is 1. The highest BCUT2D eigenvalue weighted by atomic mass is 32.2. The number of rotatable bonds is 13. The first-order chi connectivity index (χ1) is 12.8. The van der Waals surface area contributed by atoms with Crippen molar-refractivity contribution in [2.45, 2.75) is 64.3 Å². The van der Waals surface area contributed by atoms with Gasteiger partial charge in [0.1, 0.15) is 6.04 Å². The molecule has 1 unspecified atom stereocenters. The number of carbonyl (C=O) groups is 1. The standard InChI is InChI=1S/C20H34N2O4S/c1-5-6-13-26-14-7-12-21-20(23)19(15-16(2)3)22-27(24,25)18-10-8-17(4)9-11-18/h8-11,16,19,22H,5-7,12-15H2,1-4H3,(H,21,23). The topological polar surface area (TPSA) is 84.5 Å². The second-order valence-corrected chi connectivity index (χ2v) is 8.94. The minimum absolute atomic E-state index is 0.166. The van der Waals surface area contributed by atoms with Gasteiger partial charge in [0.15, 0.2) is 0 Å². The summed E-state index contributed by atoms with van der Waals surface area (Å²) in [5.74, 6) is -0.119. The molecule has 27 heavy (non-hydrogen) atoms. The molecule has 0 aliphatic heterocycles. The highest BCUT2D eigenvalue weighted by Crippen LogP contribution is 2.13. The van der Waals surface area contributed by atoms with E-state index in [9.17, 15) is 13.2 Å². The van der Waals surface area contributed by atoms with Gasteiger partial charge in [-0.25, -0.2) is 8.42 Å². The molecular formula is C20H34N2O4S. The Labute approximate surface area is 164 Å². The number of nitrogens with one attached hydrogen (secondary N) is 2. The van der Waals surface area contributed by atoms with E-state index in [2.05, 4.69) is 17.0 Å².